The van der Waals surface area contributed by atoms with Gasteiger partial charge in [0.25, 0.3) is 5.56 Å². The van der Waals surface area contributed by atoms with E-state index < -0.39 is 5.91 Å². The van der Waals surface area contributed by atoms with E-state index in [1.54, 1.807) is 47.7 Å². The summed E-state index contributed by atoms with van der Waals surface area (Å²) in [6, 6.07) is 13.5. The van der Waals surface area contributed by atoms with Crippen LogP contribution in [0, 0.1) is 5.92 Å². The molecule has 0 saturated heterocycles. The summed E-state index contributed by atoms with van der Waals surface area (Å²) in [6.45, 7) is 2.02. The molecule has 0 fully saturated rings. The van der Waals surface area contributed by atoms with Crippen molar-refractivity contribution in [2.75, 3.05) is 5.32 Å². The Morgan fingerprint density at radius 2 is 2.00 bits per heavy atom. The van der Waals surface area contributed by atoms with Crippen LogP contribution in [0.2, 0.25) is 5.02 Å². The Hall–Kier alpha value is -3.29. The summed E-state index contributed by atoms with van der Waals surface area (Å²) in [7, 11) is 0. The molecule has 5 rings (SSSR count). The van der Waals surface area contributed by atoms with E-state index >= 15 is 0 Å². The van der Waals surface area contributed by atoms with Crippen molar-refractivity contribution in [3.8, 4) is 0 Å². The minimum absolute atomic E-state index is 0.204. The van der Waals surface area contributed by atoms with E-state index in [1.165, 1.54) is 21.8 Å². The number of ketones is 1. The fourth-order valence-electron chi connectivity index (χ4n) is 4.38. The molecule has 2 heterocycles. The summed E-state index contributed by atoms with van der Waals surface area (Å²) >= 11 is 7.71. The molecular formula is C26H22ClN3O3S. The molecule has 8 heteroatoms. The summed E-state index contributed by atoms with van der Waals surface area (Å²) in [5.41, 5.74) is 1.99. The van der Waals surface area contributed by atoms with Gasteiger partial charge in [-0.05, 0) is 48.9 Å². The van der Waals surface area contributed by atoms with Crippen molar-refractivity contribution in [2.45, 2.75) is 32.7 Å². The quantitative estimate of drug-likeness (QED) is 0.393. The summed E-state index contributed by atoms with van der Waals surface area (Å²) in [5, 5.41) is 3.79. The largest absolute Gasteiger partial charge is 0.324 e. The predicted molar refractivity (Wildman–Crippen MR) is 135 cm³/mol. The highest BCUT2D eigenvalue weighted by Crippen LogP contribution is 2.35. The molecule has 1 aliphatic rings. The molecule has 1 aliphatic carbocycles. The Morgan fingerprint density at radius 1 is 1.21 bits per heavy atom. The van der Waals surface area contributed by atoms with E-state index in [0.717, 1.165) is 29.7 Å². The number of benzene rings is 2. The number of nitrogens with one attached hydrogen (secondary N) is 1. The van der Waals surface area contributed by atoms with Gasteiger partial charge in [0.1, 0.15) is 11.4 Å². The first-order chi connectivity index (χ1) is 16.4. The van der Waals surface area contributed by atoms with E-state index in [2.05, 4.69) is 17.2 Å². The van der Waals surface area contributed by atoms with Crippen LogP contribution >= 0.6 is 22.9 Å². The Morgan fingerprint density at radius 3 is 2.79 bits per heavy atom. The van der Waals surface area contributed by atoms with Gasteiger partial charge in [-0.15, -0.1) is 11.3 Å². The number of rotatable bonds is 5. The van der Waals surface area contributed by atoms with Crippen LogP contribution in [0.15, 0.2) is 59.7 Å². The zero-order valence-electron chi connectivity index (χ0n) is 18.5. The van der Waals surface area contributed by atoms with Crippen molar-refractivity contribution in [3.05, 3.63) is 91.8 Å². The van der Waals surface area contributed by atoms with Gasteiger partial charge < -0.3 is 5.32 Å². The number of hydrogen-bond acceptors (Lipinski definition) is 5. The molecule has 2 aromatic heterocycles. The predicted octanol–water partition coefficient (Wildman–Crippen LogP) is 5.11. The van der Waals surface area contributed by atoms with E-state index in [-0.39, 0.29) is 23.5 Å². The van der Waals surface area contributed by atoms with Crippen molar-refractivity contribution in [1.29, 1.82) is 0 Å². The Bertz CT molecular complexity index is 1480. The van der Waals surface area contributed by atoms with Gasteiger partial charge in [0.2, 0.25) is 5.91 Å². The van der Waals surface area contributed by atoms with Gasteiger partial charge in [-0.2, -0.15) is 0 Å². The van der Waals surface area contributed by atoms with Crippen molar-refractivity contribution in [2.24, 2.45) is 5.92 Å². The topological polar surface area (TPSA) is 81.1 Å². The van der Waals surface area contributed by atoms with E-state index in [4.69, 9.17) is 11.6 Å². The molecule has 0 bridgehead atoms. The molecule has 0 aliphatic heterocycles. The highest BCUT2D eigenvalue weighted by atomic mass is 35.5. The zero-order valence-corrected chi connectivity index (χ0v) is 20.1. The lowest BCUT2D eigenvalue weighted by Gasteiger charge is -2.17. The van der Waals surface area contributed by atoms with Gasteiger partial charge in [-0.1, -0.05) is 48.9 Å². The summed E-state index contributed by atoms with van der Waals surface area (Å²) in [4.78, 5) is 45.5. The number of aromatic nitrogens is 2. The first kappa shape index (κ1) is 22.5. The standard InChI is InChI=1S/C26H22ClN3O3S/c1-15-7-9-18-21(11-15)34-25-23(18)26(33)30(14-28-25)13-22(31)29-20-10-8-17(27)12-19(20)24(32)16-5-3-2-4-6-16/h2-6,8,10,12,14-15H,7,9,11,13H2,1H3,(H,29,31). The summed E-state index contributed by atoms with van der Waals surface area (Å²) < 4.78 is 1.33. The highest BCUT2D eigenvalue weighted by molar-refractivity contribution is 7.18. The van der Waals surface area contributed by atoms with E-state index in [1.807, 2.05) is 6.07 Å². The number of anilines is 1. The first-order valence-electron chi connectivity index (χ1n) is 11.1. The van der Waals surface area contributed by atoms with Gasteiger partial charge >= 0.3 is 0 Å². The summed E-state index contributed by atoms with van der Waals surface area (Å²) in [5.74, 6) is -0.0797. The second kappa shape index (κ2) is 9.16. The summed E-state index contributed by atoms with van der Waals surface area (Å²) in [6.07, 6.45) is 4.29. The van der Waals surface area contributed by atoms with Crippen molar-refractivity contribution in [3.63, 3.8) is 0 Å². The molecule has 0 saturated carbocycles. The van der Waals surface area contributed by atoms with Crippen LogP contribution in [-0.2, 0) is 24.2 Å². The molecule has 1 atom stereocenters. The second-order valence-electron chi connectivity index (χ2n) is 8.64. The molecule has 34 heavy (non-hydrogen) atoms. The lowest BCUT2D eigenvalue weighted by molar-refractivity contribution is -0.116. The highest BCUT2D eigenvalue weighted by Gasteiger charge is 2.24. The van der Waals surface area contributed by atoms with Gasteiger partial charge in [0.05, 0.1) is 17.4 Å². The minimum atomic E-state index is -0.426. The normalized spacial score (nSPS) is 15.2. The number of carbonyl (C=O) groups is 2. The van der Waals surface area contributed by atoms with Crippen LogP contribution in [0.5, 0.6) is 0 Å². The van der Waals surface area contributed by atoms with Crippen LogP contribution in [0.3, 0.4) is 0 Å². The molecule has 172 valence electrons. The molecule has 1 N–H and O–H groups in total. The second-order valence-corrected chi connectivity index (χ2v) is 10.2. The zero-order chi connectivity index (χ0) is 23.8. The van der Waals surface area contributed by atoms with Crippen molar-refractivity contribution >= 4 is 50.5 Å². The average molecular weight is 492 g/mol. The van der Waals surface area contributed by atoms with Crippen molar-refractivity contribution in [1.82, 2.24) is 9.55 Å². The number of thiophene rings is 1. The third-order valence-corrected chi connectivity index (χ3v) is 7.53. The smallest absolute Gasteiger partial charge is 0.262 e. The van der Waals surface area contributed by atoms with Crippen LogP contribution in [0.25, 0.3) is 10.2 Å². The Kier molecular flexibility index (Phi) is 6.06. The van der Waals surface area contributed by atoms with E-state index in [9.17, 15) is 14.4 Å². The van der Waals surface area contributed by atoms with Crippen LogP contribution < -0.4 is 10.9 Å². The number of amides is 1. The van der Waals surface area contributed by atoms with Crippen LogP contribution in [-0.4, -0.2) is 21.2 Å². The van der Waals surface area contributed by atoms with Gasteiger partial charge in [-0.3, -0.25) is 19.0 Å². The lowest BCUT2D eigenvalue weighted by Crippen LogP contribution is -2.28. The number of hydrogen-bond donors (Lipinski definition) is 1. The third kappa shape index (κ3) is 4.29. The van der Waals surface area contributed by atoms with Crippen LogP contribution in [0.4, 0.5) is 5.69 Å². The monoisotopic (exact) mass is 491 g/mol. The average Bonchev–Trinajstić information content (AvgIpc) is 3.20. The first-order valence-corrected chi connectivity index (χ1v) is 12.3. The number of carbonyl (C=O) groups excluding carboxylic acids is 2. The lowest BCUT2D eigenvalue weighted by atomic mass is 9.89. The molecule has 1 unspecified atom stereocenters. The molecular weight excluding hydrogens is 470 g/mol. The van der Waals surface area contributed by atoms with Crippen molar-refractivity contribution < 1.29 is 9.59 Å². The molecule has 0 radical (unpaired) electrons. The fourth-order valence-corrected chi connectivity index (χ4v) is 5.89. The maximum absolute atomic E-state index is 13.2. The number of aryl methyl sites for hydroxylation is 1. The molecule has 4 aromatic rings. The molecule has 6 nitrogen and oxygen atoms in total. The maximum atomic E-state index is 13.2. The third-order valence-electron chi connectivity index (χ3n) is 6.13. The minimum Gasteiger partial charge on any atom is -0.324 e. The SMILES string of the molecule is CC1CCc2c(sc3ncn(CC(=O)Nc4ccc(Cl)cc4C(=O)c4ccccc4)c(=O)c23)C1. The number of halogens is 1. The molecule has 2 aromatic carbocycles. The van der Waals surface area contributed by atoms with Gasteiger partial charge in [-0.25, -0.2) is 4.98 Å². The van der Waals surface area contributed by atoms with Crippen LogP contribution in [0.1, 0.15) is 39.7 Å². The maximum Gasteiger partial charge on any atom is 0.262 e. The van der Waals surface area contributed by atoms with Gasteiger partial charge in [0, 0.05) is 21.0 Å². The Balaban J connectivity index is 1.42. The fraction of sp³-hybridized carbons (Fsp3) is 0.231. The number of fused-ring (bicyclic) bond motifs is 3. The molecule has 1 amide bonds. The molecule has 0 spiro atoms. The Labute approximate surface area is 205 Å². The van der Waals surface area contributed by atoms with E-state index in [0.29, 0.717) is 27.6 Å². The number of nitrogens with zero attached hydrogens (tertiary/aromatic N) is 2. The van der Waals surface area contributed by atoms with Gasteiger partial charge in [0.15, 0.2) is 5.78 Å².